The zero-order valence-electron chi connectivity index (χ0n) is 8.82. The summed E-state index contributed by atoms with van der Waals surface area (Å²) in [5, 5.41) is 0. The van der Waals surface area contributed by atoms with Gasteiger partial charge in [-0.25, -0.2) is 0 Å². The summed E-state index contributed by atoms with van der Waals surface area (Å²) in [5.74, 6) is 0.524. The minimum atomic E-state index is -0.400. The van der Waals surface area contributed by atoms with E-state index < -0.39 is 4.33 Å². The largest absolute Gasteiger partial charge is 0.324 e. The van der Waals surface area contributed by atoms with Crippen molar-refractivity contribution in [1.82, 2.24) is 0 Å². The minimum absolute atomic E-state index is 0.400. The van der Waals surface area contributed by atoms with Crippen molar-refractivity contribution in [3.8, 4) is 0 Å². The molecule has 0 spiro atoms. The maximum absolute atomic E-state index is 6.04. The predicted octanol–water partition coefficient (Wildman–Crippen LogP) is 3.06. The quantitative estimate of drug-likeness (QED) is 0.498. The molecule has 0 bridgehead atoms. The average molecular weight is 225 g/mol. The molecule has 1 aliphatic carbocycles. The van der Waals surface area contributed by atoms with Crippen LogP contribution in [-0.4, -0.2) is 35.0 Å². The molecule has 0 aromatic heterocycles. The molecule has 1 fully saturated rings. The van der Waals surface area contributed by atoms with E-state index in [0.29, 0.717) is 5.92 Å². The molecule has 3 heteroatoms. The third-order valence-electron chi connectivity index (χ3n) is 3.58. The lowest BCUT2D eigenvalue weighted by Crippen LogP contribution is -2.49. The van der Waals surface area contributed by atoms with E-state index in [9.17, 15) is 0 Å². The van der Waals surface area contributed by atoms with Crippen LogP contribution in [0.25, 0.3) is 0 Å². The van der Waals surface area contributed by atoms with Gasteiger partial charge in [0.15, 0.2) is 0 Å². The SMILES string of the molecule is CC[N+](CC)(CC)CC1CC1(Cl)Cl. The van der Waals surface area contributed by atoms with Gasteiger partial charge in [-0.2, -0.15) is 0 Å². The van der Waals surface area contributed by atoms with E-state index >= 15 is 0 Å². The number of hydrogen-bond donors (Lipinski definition) is 0. The number of nitrogens with zero attached hydrogens (tertiary/aromatic N) is 1. The number of rotatable bonds is 5. The van der Waals surface area contributed by atoms with E-state index in [0.717, 1.165) is 17.4 Å². The van der Waals surface area contributed by atoms with Crippen molar-refractivity contribution in [3.05, 3.63) is 0 Å². The number of hydrogen-bond acceptors (Lipinski definition) is 0. The molecular formula is C10H20Cl2N+. The molecule has 1 atom stereocenters. The Morgan fingerprint density at radius 2 is 1.54 bits per heavy atom. The van der Waals surface area contributed by atoms with E-state index in [1.807, 2.05) is 0 Å². The van der Waals surface area contributed by atoms with Crippen LogP contribution in [0.15, 0.2) is 0 Å². The Hall–Kier alpha value is 0.540. The number of quaternary nitrogens is 1. The first-order valence-corrected chi connectivity index (χ1v) is 5.98. The van der Waals surface area contributed by atoms with Gasteiger partial charge in [-0.05, 0) is 27.2 Å². The van der Waals surface area contributed by atoms with Crippen molar-refractivity contribution in [2.45, 2.75) is 31.5 Å². The highest BCUT2D eigenvalue weighted by atomic mass is 35.5. The Morgan fingerprint density at radius 1 is 1.15 bits per heavy atom. The third-order valence-corrected chi connectivity index (χ3v) is 4.50. The van der Waals surface area contributed by atoms with Gasteiger partial charge in [-0.1, -0.05) is 0 Å². The minimum Gasteiger partial charge on any atom is -0.324 e. The first kappa shape index (κ1) is 11.6. The lowest BCUT2D eigenvalue weighted by atomic mass is 10.2. The Kier molecular flexibility index (Phi) is 3.54. The molecule has 1 nitrogen and oxygen atoms in total. The van der Waals surface area contributed by atoms with Crippen molar-refractivity contribution >= 4 is 23.2 Å². The maximum Gasteiger partial charge on any atom is 0.127 e. The molecular weight excluding hydrogens is 205 g/mol. The molecule has 0 amide bonds. The van der Waals surface area contributed by atoms with Gasteiger partial charge in [0, 0.05) is 5.92 Å². The van der Waals surface area contributed by atoms with Crippen molar-refractivity contribution in [2.24, 2.45) is 5.92 Å². The van der Waals surface area contributed by atoms with Gasteiger partial charge in [0.1, 0.15) is 4.33 Å². The second kappa shape index (κ2) is 3.96. The average Bonchev–Trinajstić information content (AvgIpc) is 2.70. The molecule has 0 aliphatic heterocycles. The highest BCUT2D eigenvalue weighted by Gasteiger charge is 2.55. The highest BCUT2D eigenvalue weighted by molar-refractivity contribution is 6.50. The summed E-state index contributed by atoms with van der Waals surface area (Å²) >= 11 is 12.1. The molecule has 13 heavy (non-hydrogen) atoms. The Morgan fingerprint density at radius 3 is 1.77 bits per heavy atom. The van der Waals surface area contributed by atoms with E-state index in [1.54, 1.807) is 0 Å². The molecule has 0 saturated heterocycles. The molecule has 78 valence electrons. The summed E-state index contributed by atoms with van der Waals surface area (Å²) in [6.07, 6.45) is 0.982. The van der Waals surface area contributed by atoms with Crippen LogP contribution in [0.2, 0.25) is 0 Å². The second-order valence-corrected chi connectivity index (χ2v) is 5.68. The highest BCUT2D eigenvalue weighted by Crippen LogP contribution is 2.53. The molecule has 0 aromatic rings. The smallest absolute Gasteiger partial charge is 0.127 e. The Labute approximate surface area is 91.6 Å². The third kappa shape index (κ3) is 2.51. The maximum atomic E-state index is 6.04. The number of halogens is 2. The summed E-state index contributed by atoms with van der Waals surface area (Å²) in [6, 6.07) is 0. The lowest BCUT2D eigenvalue weighted by Gasteiger charge is -2.36. The van der Waals surface area contributed by atoms with Crippen LogP contribution < -0.4 is 0 Å². The van der Waals surface area contributed by atoms with E-state index in [1.165, 1.54) is 19.6 Å². The fourth-order valence-corrected chi connectivity index (χ4v) is 2.50. The molecule has 1 aliphatic rings. The summed E-state index contributed by atoms with van der Waals surface area (Å²) in [7, 11) is 0. The number of alkyl halides is 2. The first-order chi connectivity index (χ1) is 5.99. The van der Waals surface area contributed by atoms with Gasteiger partial charge in [-0.3, -0.25) is 0 Å². The van der Waals surface area contributed by atoms with Crippen LogP contribution in [0.1, 0.15) is 27.2 Å². The Balaban J connectivity index is 2.49. The van der Waals surface area contributed by atoms with Crippen LogP contribution in [0.5, 0.6) is 0 Å². The van der Waals surface area contributed by atoms with Gasteiger partial charge < -0.3 is 4.48 Å². The van der Waals surface area contributed by atoms with Crippen LogP contribution in [0, 0.1) is 5.92 Å². The Bertz CT molecular complexity index is 167. The van der Waals surface area contributed by atoms with Crippen molar-refractivity contribution in [3.63, 3.8) is 0 Å². The lowest BCUT2D eigenvalue weighted by molar-refractivity contribution is -0.924. The molecule has 0 N–H and O–H groups in total. The van der Waals surface area contributed by atoms with E-state index in [-0.39, 0.29) is 0 Å². The van der Waals surface area contributed by atoms with Crippen LogP contribution in [-0.2, 0) is 0 Å². The predicted molar refractivity (Wildman–Crippen MR) is 59.3 cm³/mol. The molecule has 1 saturated carbocycles. The van der Waals surface area contributed by atoms with Crippen LogP contribution in [0.3, 0.4) is 0 Å². The van der Waals surface area contributed by atoms with E-state index in [2.05, 4.69) is 20.8 Å². The van der Waals surface area contributed by atoms with Gasteiger partial charge in [0.2, 0.25) is 0 Å². The molecule has 0 radical (unpaired) electrons. The fraction of sp³-hybridized carbons (Fsp3) is 1.00. The first-order valence-electron chi connectivity index (χ1n) is 5.22. The topological polar surface area (TPSA) is 0 Å². The van der Waals surface area contributed by atoms with Crippen LogP contribution in [0.4, 0.5) is 0 Å². The van der Waals surface area contributed by atoms with Crippen molar-refractivity contribution in [1.29, 1.82) is 0 Å². The van der Waals surface area contributed by atoms with E-state index in [4.69, 9.17) is 23.2 Å². The molecule has 0 aromatic carbocycles. The molecule has 1 unspecified atom stereocenters. The fourth-order valence-electron chi connectivity index (χ4n) is 1.99. The van der Waals surface area contributed by atoms with Crippen molar-refractivity contribution in [2.75, 3.05) is 26.2 Å². The standard InChI is InChI=1S/C10H20Cl2N/c1-4-13(5-2,6-3)8-9-7-10(9,11)12/h9H,4-8H2,1-3H3/q+1. The normalized spacial score (nSPS) is 26.1. The molecule has 0 heterocycles. The summed E-state index contributed by atoms with van der Waals surface area (Å²) in [5.41, 5.74) is 0. The van der Waals surface area contributed by atoms with Gasteiger partial charge >= 0.3 is 0 Å². The summed E-state index contributed by atoms with van der Waals surface area (Å²) < 4.78 is 0.759. The van der Waals surface area contributed by atoms with Crippen LogP contribution >= 0.6 is 23.2 Å². The monoisotopic (exact) mass is 224 g/mol. The van der Waals surface area contributed by atoms with Gasteiger partial charge in [0.25, 0.3) is 0 Å². The van der Waals surface area contributed by atoms with Crippen molar-refractivity contribution < 1.29 is 4.48 Å². The zero-order chi connectivity index (χ0) is 10.1. The summed E-state index contributed by atoms with van der Waals surface area (Å²) in [6.45, 7) is 11.5. The van der Waals surface area contributed by atoms with Gasteiger partial charge in [0.05, 0.1) is 26.2 Å². The molecule has 1 rings (SSSR count). The zero-order valence-corrected chi connectivity index (χ0v) is 10.3. The summed E-state index contributed by atoms with van der Waals surface area (Å²) in [4.78, 5) is 0. The second-order valence-electron chi connectivity index (χ2n) is 4.13. The van der Waals surface area contributed by atoms with Gasteiger partial charge in [-0.15, -0.1) is 23.2 Å².